The number of benzene rings is 1. The zero-order valence-corrected chi connectivity index (χ0v) is 19.8. The summed E-state index contributed by atoms with van der Waals surface area (Å²) in [6, 6.07) is 0. The molecule has 0 saturated heterocycles. The Morgan fingerprint density at radius 3 is 2.48 bits per heavy atom. The molecule has 1 unspecified atom stereocenters. The van der Waals surface area contributed by atoms with E-state index in [1.54, 1.807) is 0 Å². The number of esters is 1. The van der Waals surface area contributed by atoms with Gasteiger partial charge in [0.25, 0.3) is 11.7 Å². The molecule has 1 aliphatic carbocycles. The second kappa shape index (κ2) is 7.88. The Balaban J connectivity index is 1.46. The molecule has 1 aromatic rings. The number of ether oxygens (including phenoxy) is 3. The molecule has 1 fully saturated rings. The van der Waals surface area contributed by atoms with Gasteiger partial charge in [0.05, 0.1) is 10.6 Å². The highest BCUT2D eigenvalue weighted by molar-refractivity contribution is 6.34. The topological polar surface area (TPSA) is 73.9 Å². The van der Waals surface area contributed by atoms with Crippen molar-refractivity contribution in [2.45, 2.75) is 84.5 Å². The minimum Gasteiger partial charge on any atom is -0.460 e. The van der Waals surface area contributed by atoms with Crippen LogP contribution in [0.15, 0.2) is 0 Å². The Morgan fingerprint density at radius 2 is 1.84 bits per heavy atom. The molecule has 2 heterocycles. The first-order valence-electron chi connectivity index (χ1n) is 11.2. The molecule has 31 heavy (non-hydrogen) atoms. The van der Waals surface area contributed by atoms with Crippen LogP contribution in [0, 0.1) is 18.8 Å². The molecule has 0 spiro atoms. The van der Waals surface area contributed by atoms with Crippen molar-refractivity contribution in [3.8, 4) is 11.5 Å². The first-order chi connectivity index (χ1) is 14.5. The predicted octanol–water partition coefficient (Wildman–Crippen LogP) is 4.96. The maximum atomic E-state index is 12.4. The van der Waals surface area contributed by atoms with Crippen molar-refractivity contribution in [1.82, 2.24) is 5.32 Å². The molecule has 170 valence electrons. The average molecular weight is 450 g/mol. The number of halogens is 1. The second-order valence-electron chi connectivity index (χ2n) is 10.2. The fourth-order valence-corrected chi connectivity index (χ4v) is 5.42. The van der Waals surface area contributed by atoms with Crippen LogP contribution < -0.4 is 14.8 Å². The average Bonchev–Trinajstić information content (AvgIpc) is 3.04. The largest absolute Gasteiger partial charge is 0.460 e. The highest BCUT2D eigenvalue weighted by Crippen LogP contribution is 2.53. The summed E-state index contributed by atoms with van der Waals surface area (Å²) in [4.78, 5) is 24.6. The van der Waals surface area contributed by atoms with Gasteiger partial charge in [-0.2, -0.15) is 0 Å². The molecular formula is C24H32ClNO5. The van der Waals surface area contributed by atoms with Crippen molar-refractivity contribution in [3.05, 3.63) is 21.7 Å². The second-order valence-corrected chi connectivity index (χ2v) is 10.6. The zero-order chi connectivity index (χ0) is 22.6. The summed E-state index contributed by atoms with van der Waals surface area (Å²) in [6.45, 7) is 10.1. The summed E-state index contributed by atoms with van der Waals surface area (Å²) >= 11 is 6.67. The first kappa shape index (κ1) is 22.3. The van der Waals surface area contributed by atoms with E-state index in [0.717, 1.165) is 36.8 Å². The van der Waals surface area contributed by atoms with Crippen LogP contribution in [0.3, 0.4) is 0 Å². The van der Waals surface area contributed by atoms with Gasteiger partial charge in [-0.1, -0.05) is 11.6 Å². The molecule has 2 aliphatic heterocycles. The lowest BCUT2D eigenvalue weighted by atomic mass is 9.77. The molecule has 6 nitrogen and oxygen atoms in total. The number of carbonyl (C=O) groups excluding carboxylic acids is 2. The Hall–Kier alpha value is -1.95. The molecule has 0 bridgehead atoms. The lowest BCUT2D eigenvalue weighted by molar-refractivity contribution is -0.157. The van der Waals surface area contributed by atoms with Crippen LogP contribution >= 0.6 is 11.6 Å². The molecule has 1 saturated carbocycles. The number of carbonyl (C=O) groups is 2. The van der Waals surface area contributed by atoms with Crippen molar-refractivity contribution in [1.29, 1.82) is 0 Å². The third-order valence-electron chi connectivity index (χ3n) is 6.65. The predicted molar refractivity (Wildman–Crippen MR) is 118 cm³/mol. The van der Waals surface area contributed by atoms with Gasteiger partial charge in [0.2, 0.25) is 0 Å². The van der Waals surface area contributed by atoms with Gasteiger partial charge in [-0.05, 0) is 71.3 Å². The quantitative estimate of drug-likeness (QED) is 0.660. The normalized spacial score (nSPS) is 27.5. The van der Waals surface area contributed by atoms with E-state index in [4.69, 9.17) is 25.8 Å². The Bertz CT molecular complexity index is 914. The summed E-state index contributed by atoms with van der Waals surface area (Å²) in [5.41, 5.74) is 1.79. The van der Waals surface area contributed by atoms with Crippen molar-refractivity contribution in [2.75, 3.05) is 6.54 Å². The highest BCUT2D eigenvalue weighted by atomic mass is 35.5. The molecule has 3 aliphatic rings. The van der Waals surface area contributed by atoms with E-state index in [0.29, 0.717) is 47.4 Å². The van der Waals surface area contributed by atoms with Crippen molar-refractivity contribution in [3.63, 3.8) is 0 Å². The standard InChI is InChI=1S/C24H32ClNO5/c1-13-18-16(10-11-26-22(18)28)19(25)21-20(13)30-24(5,31-21)15-8-6-14(7-9-15)12-17(27)29-23(2,3)4/h14-15H,6-12H2,1-5H3,(H,26,28). The van der Waals surface area contributed by atoms with Crippen LogP contribution in [-0.2, 0) is 16.0 Å². The lowest BCUT2D eigenvalue weighted by Crippen LogP contribution is -2.45. The lowest BCUT2D eigenvalue weighted by Gasteiger charge is -2.37. The summed E-state index contributed by atoms with van der Waals surface area (Å²) in [6.07, 6.45) is 4.78. The van der Waals surface area contributed by atoms with Gasteiger partial charge in [0.1, 0.15) is 5.60 Å². The first-order valence-corrected chi connectivity index (χ1v) is 11.6. The van der Waals surface area contributed by atoms with Gasteiger partial charge in [-0.3, -0.25) is 9.59 Å². The maximum Gasteiger partial charge on any atom is 0.306 e. The van der Waals surface area contributed by atoms with E-state index in [-0.39, 0.29) is 17.8 Å². The summed E-state index contributed by atoms with van der Waals surface area (Å²) in [5, 5.41) is 3.38. The molecular weight excluding hydrogens is 418 g/mol. The van der Waals surface area contributed by atoms with Crippen LogP contribution in [0.1, 0.15) is 81.3 Å². The van der Waals surface area contributed by atoms with Gasteiger partial charge in [-0.25, -0.2) is 0 Å². The van der Waals surface area contributed by atoms with Gasteiger partial charge in [0, 0.05) is 31.4 Å². The van der Waals surface area contributed by atoms with Crippen LogP contribution in [-0.4, -0.2) is 29.8 Å². The molecule has 1 aromatic carbocycles. The molecule has 0 radical (unpaired) electrons. The number of hydrogen-bond acceptors (Lipinski definition) is 5. The van der Waals surface area contributed by atoms with Gasteiger partial charge < -0.3 is 19.5 Å². The van der Waals surface area contributed by atoms with Crippen molar-refractivity contribution < 1.29 is 23.8 Å². The smallest absolute Gasteiger partial charge is 0.306 e. The third kappa shape index (κ3) is 4.23. The molecule has 0 aromatic heterocycles. The highest BCUT2D eigenvalue weighted by Gasteiger charge is 2.48. The van der Waals surface area contributed by atoms with Crippen LogP contribution in [0.5, 0.6) is 11.5 Å². The third-order valence-corrected chi connectivity index (χ3v) is 7.05. The summed E-state index contributed by atoms with van der Waals surface area (Å²) < 4.78 is 18.2. The van der Waals surface area contributed by atoms with Gasteiger partial charge in [-0.15, -0.1) is 0 Å². The van der Waals surface area contributed by atoms with Crippen molar-refractivity contribution in [2.24, 2.45) is 11.8 Å². The van der Waals surface area contributed by atoms with E-state index < -0.39 is 11.4 Å². The fraction of sp³-hybridized carbons (Fsp3) is 0.667. The van der Waals surface area contributed by atoms with Crippen LogP contribution in [0.4, 0.5) is 0 Å². The van der Waals surface area contributed by atoms with Crippen LogP contribution in [0.2, 0.25) is 5.02 Å². The number of fused-ring (bicyclic) bond motifs is 2. The minimum absolute atomic E-state index is 0.108. The van der Waals surface area contributed by atoms with Gasteiger partial charge in [0.15, 0.2) is 11.5 Å². The van der Waals surface area contributed by atoms with E-state index >= 15 is 0 Å². The molecule has 4 rings (SSSR count). The van der Waals surface area contributed by atoms with Gasteiger partial charge >= 0.3 is 5.97 Å². The number of amides is 1. The number of rotatable bonds is 3. The molecule has 1 atom stereocenters. The summed E-state index contributed by atoms with van der Waals surface area (Å²) in [7, 11) is 0. The van der Waals surface area contributed by atoms with E-state index in [1.807, 2.05) is 34.6 Å². The van der Waals surface area contributed by atoms with E-state index in [2.05, 4.69) is 5.32 Å². The minimum atomic E-state index is -0.825. The number of nitrogens with one attached hydrogen (secondary N) is 1. The van der Waals surface area contributed by atoms with E-state index in [1.165, 1.54) is 0 Å². The SMILES string of the molecule is Cc1c2c(c(Cl)c3c1C(=O)NCC3)OC(C)(C1CCC(CC(=O)OC(C)(C)C)CC1)O2. The maximum absolute atomic E-state index is 12.4. The Labute approximate surface area is 188 Å². The van der Waals surface area contributed by atoms with E-state index in [9.17, 15) is 9.59 Å². The van der Waals surface area contributed by atoms with Crippen molar-refractivity contribution >= 4 is 23.5 Å². The summed E-state index contributed by atoms with van der Waals surface area (Å²) in [5.74, 6) is 0.576. The number of hydrogen-bond donors (Lipinski definition) is 1. The fourth-order valence-electron chi connectivity index (χ4n) is 5.10. The van der Waals surface area contributed by atoms with Crippen LogP contribution in [0.25, 0.3) is 0 Å². The molecule has 1 N–H and O–H groups in total. The molecule has 7 heteroatoms. The zero-order valence-electron chi connectivity index (χ0n) is 19.0. The molecule has 1 amide bonds. The Morgan fingerprint density at radius 1 is 1.19 bits per heavy atom. The Kier molecular flexibility index (Phi) is 5.65. The monoisotopic (exact) mass is 449 g/mol.